The number of fused-ring (bicyclic) bond motifs is 3. The molecule has 0 aliphatic heterocycles. The van der Waals surface area contributed by atoms with E-state index in [2.05, 4.69) is 10.9 Å². The number of amides is 2. The molecule has 0 bridgehead atoms. The predicted octanol–water partition coefficient (Wildman–Crippen LogP) is 0.663. The summed E-state index contributed by atoms with van der Waals surface area (Å²) in [6.07, 6.45) is 3.62. The maximum Gasteiger partial charge on any atom is 0.255 e. The molecule has 0 aromatic heterocycles. The van der Waals surface area contributed by atoms with E-state index < -0.39 is 63.8 Å². The Labute approximate surface area is 242 Å². The number of hydrogen-bond donors (Lipinski definition) is 7. The minimum atomic E-state index is -2.71. The van der Waals surface area contributed by atoms with Gasteiger partial charge in [-0.25, -0.2) is 0 Å². The first-order valence-electron chi connectivity index (χ1n) is 14.0. The largest absolute Gasteiger partial charge is 0.508 e. The topological polar surface area (TPSA) is 206 Å². The van der Waals surface area contributed by atoms with Gasteiger partial charge in [0.15, 0.2) is 17.1 Å². The van der Waals surface area contributed by atoms with Crippen LogP contribution in [-0.4, -0.2) is 88.5 Å². The lowest BCUT2D eigenvalue weighted by molar-refractivity contribution is -0.153. The normalized spacial score (nSPS) is 27.5. The highest BCUT2D eigenvalue weighted by molar-refractivity contribution is 6.24. The van der Waals surface area contributed by atoms with Gasteiger partial charge in [-0.15, -0.1) is 0 Å². The standard InChI is InChI=1S/C29H37N5O8/c1-33(2)17-11-16(31-32-28(41)12-7-5-6-8-12)22(35)19-14(17)9-13-10-15-21(34(3)4)24(37)20(27(30)40)26(39)29(15,42)25(38)18(13)23(19)36/h11-13,15,21,31,35-36,39,42H,5-10H2,1-4H3,(H2,30,40)(H,32,41)/t13?,15?,21-,29-/m0/s1. The first kappa shape index (κ1) is 29.4. The number of benzene rings is 1. The Bertz CT molecular complexity index is 1460. The number of carbonyl (C=O) groups is 4. The maximum absolute atomic E-state index is 14.1. The number of phenols is 1. The van der Waals surface area contributed by atoms with Crippen LogP contribution >= 0.6 is 0 Å². The summed E-state index contributed by atoms with van der Waals surface area (Å²) >= 11 is 0. The number of carbonyl (C=O) groups excluding carboxylic acids is 4. The fraction of sp³-hybridized carbons (Fsp3) is 0.517. The molecule has 8 N–H and O–H groups in total. The number of likely N-dealkylation sites (N-methyl/N-ethyl adjacent to an activating group) is 1. The zero-order chi connectivity index (χ0) is 30.8. The van der Waals surface area contributed by atoms with Crippen LogP contribution < -0.4 is 21.5 Å². The molecule has 0 heterocycles. The number of phenolic OH excluding ortho intramolecular Hbond substituents is 1. The van der Waals surface area contributed by atoms with Crippen LogP contribution in [0.3, 0.4) is 0 Å². The van der Waals surface area contributed by atoms with Crippen LogP contribution in [0.2, 0.25) is 0 Å². The second kappa shape index (κ2) is 10.3. The number of aliphatic hydroxyl groups excluding tert-OH is 2. The predicted molar refractivity (Wildman–Crippen MR) is 152 cm³/mol. The Morgan fingerprint density at radius 3 is 2.29 bits per heavy atom. The van der Waals surface area contributed by atoms with Crippen molar-refractivity contribution in [3.05, 3.63) is 34.1 Å². The number of nitrogens with two attached hydrogens (primary N) is 1. The first-order valence-corrected chi connectivity index (χ1v) is 14.0. The first-order chi connectivity index (χ1) is 19.7. The third kappa shape index (κ3) is 4.21. The summed E-state index contributed by atoms with van der Waals surface area (Å²) in [7, 11) is 6.64. The van der Waals surface area contributed by atoms with Crippen LogP contribution in [0.15, 0.2) is 23.0 Å². The monoisotopic (exact) mass is 583 g/mol. The van der Waals surface area contributed by atoms with Crippen molar-refractivity contribution in [3.63, 3.8) is 0 Å². The molecule has 226 valence electrons. The number of Topliss-reactive ketones (excluding diaryl/α,β-unsaturated/α-hetero) is 2. The Balaban J connectivity index is 1.63. The average molecular weight is 584 g/mol. The molecule has 0 saturated heterocycles. The average Bonchev–Trinajstić information content (AvgIpc) is 3.45. The number of rotatable bonds is 6. The van der Waals surface area contributed by atoms with Crippen LogP contribution in [0.25, 0.3) is 5.76 Å². The number of nitrogens with zero attached hydrogens (tertiary/aromatic N) is 2. The van der Waals surface area contributed by atoms with Gasteiger partial charge in [0.1, 0.15) is 17.1 Å². The van der Waals surface area contributed by atoms with Gasteiger partial charge in [-0.2, -0.15) is 0 Å². The molecule has 4 atom stereocenters. The summed E-state index contributed by atoms with van der Waals surface area (Å²) in [4.78, 5) is 55.3. The van der Waals surface area contributed by atoms with Gasteiger partial charge < -0.3 is 31.1 Å². The molecule has 2 saturated carbocycles. The molecule has 0 radical (unpaired) electrons. The number of aromatic hydroxyl groups is 1. The molecule has 1 aromatic carbocycles. The van der Waals surface area contributed by atoms with Gasteiger partial charge >= 0.3 is 0 Å². The SMILES string of the molecule is CN(C)c1cc(NNC(=O)C2CCCC2)c(O)c2c1CC1CC3[C@H](N(C)C)C(=O)C(C(N)=O)=C(O)[C@@]3(O)C(=O)C1=C2O. The number of aliphatic hydroxyl groups is 3. The van der Waals surface area contributed by atoms with Crippen LogP contribution in [0.4, 0.5) is 11.4 Å². The van der Waals surface area contributed by atoms with Gasteiger partial charge in [-0.3, -0.25) is 34.9 Å². The van der Waals surface area contributed by atoms with Gasteiger partial charge in [0.05, 0.1) is 17.3 Å². The molecule has 13 nitrogen and oxygen atoms in total. The van der Waals surface area contributed by atoms with Crippen molar-refractivity contribution in [1.82, 2.24) is 10.3 Å². The van der Waals surface area contributed by atoms with Gasteiger partial charge in [0, 0.05) is 37.2 Å². The van der Waals surface area contributed by atoms with E-state index >= 15 is 0 Å². The summed E-state index contributed by atoms with van der Waals surface area (Å²) in [5.41, 5.74) is 8.09. The molecule has 42 heavy (non-hydrogen) atoms. The molecule has 0 spiro atoms. The van der Waals surface area contributed by atoms with E-state index in [1.165, 1.54) is 4.90 Å². The van der Waals surface area contributed by atoms with Gasteiger partial charge in [-0.05, 0) is 57.3 Å². The highest BCUT2D eigenvalue weighted by Gasteiger charge is 2.64. The fourth-order valence-electron chi connectivity index (χ4n) is 7.21. The second-order valence-corrected chi connectivity index (χ2v) is 12.1. The number of anilines is 2. The number of ketones is 2. The molecule has 4 aliphatic rings. The Kier molecular flexibility index (Phi) is 7.22. The smallest absolute Gasteiger partial charge is 0.255 e. The number of hydrogen-bond acceptors (Lipinski definition) is 11. The summed E-state index contributed by atoms with van der Waals surface area (Å²) in [5.74, 6) is -7.54. The van der Waals surface area contributed by atoms with Crippen molar-refractivity contribution in [2.45, 2.75) is 50.2 Å². The Morgan fingerprint density at radius 2 is 1.71 bits per heavy atom. The zero-order valence-corrected chi connectivity index (χ0v) is 24.0. The number of nitrogens with one attached hydrogen (secondary N) is 2. The van der Waals surface area contributed by atoms with Crippen molar-refractivity contribution in [3.8, 4) is 5.75 Å². The van der Waals surface area contributed by atoms with E-state index in [0.29, 0.717) is 11.3 Å². The van der Waals surface area contributed by atoms with Crippen molar-refractivity contribution in [1.29, 1.82) is 0 Å². The highest BCUT2D eigenvalue weighted by Crippen LogP contribution is 2.54. The third-order valence-corrected chi connectivity index (χ3v) is 9.23. The fourth-order valence-corrected chi connectivity index (χ4v) is 7.21. The lowest BCUT2D eigenvalue weighted by atomic mass is 9.57. The molecule has 2 amide bonds. The summed E-state index contributed by atoms with van der Waals surface area (Å²) in [6.45, 7) is 0. The molecule has 4 aliphatic carbocycles. The van der Waals surface area contributed by atoms with Crippen molar-refractivity contribution < 1.29 is 39.6 Å². The minimum Gasteiger partial charge on any atom is -0.508 e. The number of primary amides is 1. The third-order valence-electron chi connectivity index (χ3n) is 9.23. The molecular formula is C29H37N5O8. The van der Waals surface area contributed by atoms with Crippen LogP contribution in [-0.2, 0) is 25.6 Å². The zero-order valence-electron chi connectivity index (χ0n) is 24.0. The molecule has 2 fully saturated rings. The Morgan fingerprint density at radius 1 is 1.07 bits per heavy atom. The van der Waals surface area contributed by atoms with Crippen LogP contribution in [0.5, 0.6) is 5.75 Å². The highest BCUT2D eigenvalue weighted by atomic mass is 16.3. The lowest BCUT2D eigenvalue weighted by Crippen LogP contribution is -2.65. The molecular weight excluding hydrogens is 546 g/mol. The van der Waals surface area contributed by atoms with E-state index in [-0.39, 0.29) is 41.5 Å². The van der Waals surface area contributed by atoms with E-state index in [1.807, 2.05) is 0 Å². The minimum absolute atomic E-state index is 0.00314. The van der Waals surface area contributed by atoms with Gasteiger partial charge in [-0.1, -0.05) is 12.8 Å². The Hall–Kier alpha value is -4.10. The van der Waals surface area contributed by atoms with E-state index in [1.54, 1.807) is 39.2 Å². The van der Waals surface area contributed by atoms with E-state index in [0.717, 1.165) is 25.7 Å². The second-order valence-electron chi connectivity index (χ2n) is 12.1. The van der Waals surface area contributed by atoms with Crippen molar-refractivity contribution in [2.24, 2.45) is 23.5 Å². The summed E-state index contributed by atoms with van der Waals surface area (Å²) < 4.78 is 0. The maximum atomic E-state index is 14.1. The molecule has 2 unspecified atom stereocenters. The van der Waals surface area contributed by atoms with E-state index in [4.69, 9.17) is 5.73 Å². The molecule has 5 rings (SSSR count). The lowest BCUT2D eigenvalue weighted by Gasteiger charge is -2.50. The van der Waals surface area contributed by atoms with Crippen LogP contribution in [0.1, 0.15) is 43.2 Å². The van der Waals surface area contributed by atoms with E-state index in [9.17, 15) is 39.6 Å². The number of hydrazine groups is 1. The molecule has 13 heteroatoms. The summed E-state index contributed by atoms with van der Waals surface area (Å²) in [5, 5.41) is 45.7. The van der Waals surface area contributed by atoms with Crippen molar-refractivity contribution >= 4 is 40.5 Å². The van der Waals surface area contributed by atoms with Crippen LogP contribution in [0, 0.1) is 17.8 Å². The van der Waals surface area contributed by atoms with Crippen molar-refractivity contribution in [2.75, 3.05) is 38.5 Å². The quantitative estimate of drug-likeness (QED) is 0.141. The summed E-state index contributed by atoms with van der Waals surface area (Å²) in [6, 6.07) is 0.474. The van der Waals surface area contributed by atoms with Gasteiger partial charge in [0.2, 0.25) is 11.7 Å². The van der Waals surface area contributed by atoms with Gasteiger partial charge in [0.25, 0.3) is 5.91 Å². The molecule has 1 aromatic rings.